The molecule has 6 N–H and O–H groups in total. The van der Waals surface area contributed by atoms with Gasteiger partial charge in [0.05, 0.1) is 23.4 Å². The SMILES string of the molecule is CCC(CC)COC(=O)C1=CCC=C(NC)C=C1.CCCCC(CC)CN(CC(CC)CCCC)C1=CC=C(N)C2CC12.CNc1c#cc(N)c(C#N)c1. The van der Waals surface area contributed by atoms with Gasteiger partial charge in [0.15, 0.2) is 0 Å². The number of esters is 1. The van der Waals surface area contributed by atoms with Crippen molar-refractivity contribution in [2.24, 2.45) is 35.3 Å². The summed E-state index contributed by atoms with van der Waals surface area (Å²) in [5.74, 6) is 3.29. The lowest BCUT2D eigenvalue weighted by Crippen LogP contribution is -2.35. The van der Waals surface area contributed by atoms with E-state index >= 15 is 0 Å². The van der Waals surface area contributed by atoms with E-state index in [4.69, 9.17) is 21.5 Å². The second-order valence-electron chi connectivity index (χ2n) is 14.9. The number of rotatable bonds is 20. The van der Waals surface area contributed by atoms with Crippen LogP contribution in [0, 0.1) is 53.1 Å². The number of carbonyl (C=O) groups excluding carboxylic acids is 1. The summed E-state index contributed by atoms with van der Waals surface area (Å²) in [6.45, 7) is 16.6. The monoisotopic (exact) mass is 741 g/mol. The highest BCUT2D eigenvalue weighted by Crippen LogP contribution is 2.51. The van der Waals surface area contributed by atoms with Crippen LogP contribution in [-0.4, -0.2) is 44.7 Å². The molecule has 54 heavy (non-hydrogen) atoms. The molecule has 0 saturated heterocycles. The third-order valence-corrected chi connectivity index (χ3v) is 11.0. The Balaban J connectivity index is 0.000000303. The minimum atomic E-state index is -0.219. The van der Waals surface area contributed by atoms with Crippen LogP contribution in [0.1, 0.15) is 124 Å². The zero-order valence-corrected chi connectivity index (χ0v) is 34.9. The molecule has 0 bridgehead atoms. The number of allylic oxidation sites excluding steroid dienone is 7. The standard InChI is InChI=1S/C23H42N2.C15H23NO2.C8H7N3/c1-5-9-11-18(7-3)16-25(17-19(8-4)12-10-6-2)23-14-13-22(24)20-15-21(20)23;1-4-12(5-2)11-18-15(17)13-7-6-8-14(16-3)10-9-13;1-11-7-2-3-8(10)6(4-7)5-9/h13-14,18-21H,5-12,15-17,24H2,1-4H3;7-10,12,16H,4-6,11H2,1-3H3;4,11H,10H2,1H3. The third kappa shape index (κ3) is 15.6. The van der Waals surface area contributed by atoms with Gasteiger partial charge in [0.1, 0.15) is 11.8 Å². The normalized spacial score (nSPS) is 17.8. The molecule has 0 aliphatic heterocycles. The first-order chi connectivity index (χ1) is 26.1. The third-order valence-electron chi connectivity index (χ3n) is 11.0. The van der Waals surface area contributed by atoms with Gasteiger partial charge in [-0.1, -0.05) is 105 Å². The van der Waals surface area contributed by atoms with Crippen molar-refractivity contribution in [2.45, 2.75) is 119 Å². The molecule has 4 atom stereocenters. The molecule has 0 spiro atoms. The largest absolute Gasteiger partial charge is 0.462 e. The number of nitrogens with zero attached hydrogens (tertiary/aromatic N) is 2. The molecule has 3 aliphatic carbocycles. The maximum Gasteiger partial charge on any atom is 0.337 e. The zero-order chi connectivity index (χ0) is 39.9. The number of nitrogens with two attached hydrogens (primary N) is 2. The molecule has 0 amide bonds. The molecule has 4 unspecified atom stereocenters. The van der Waals surface area contributed by atoms with E-state index in [2.05, 4.69) is 81.4 Å². The Hall–Kier alpha value is -4.30. The average molecular weight is 741 g/mol. The summed E-state index contributed by atoms with van der Waals surface area (Å²) in [6.07, 6.45) is 27.1. The highest BCUT2D eigenvalue weighted by molar-refractivity contribution is 5.91. The summed E-state index contributed by atoms with van der Waals surface area (Å²) >= 11 is 0. The molecule has 8 heteroatoms. The topological polar surface area (TPSA) is 129 Å². The fourth-order valence-corrected chi connectivity index (χ4v) is 6.86. The number of unbranched alkanes of at least 4 members (excludes halogenated alkanes) is 2. The van der Waals surface area contributed by atoms with Gasteiger partial charge < -0.3 is 31.7 Å². The van der Waals surface area contributed by atoms with Crippen LogP contribution in [0.5, 0.6) is 0 Å². The van der Waals surface area contributed by atoms with E-state index in [1.165, 1.54) is 70.9 Å². The maximum atomic E-state index is 11.9. The van der Waals surface area contributed by atoms with Crippen molar-refractivity contribution in [2.75, 3.05) is 44.8 Å². The lowest BCUT2D eigenvalue weighted by atomic mass is 9.94. The van der Waals surface area contributed by atoms with Crippen molar-refractivity contribution in [1.29, 1.82) is 5.26 Å². The van der Waals surface area contributed by atoms with Crippen LogP contribution in [0.3, 0.4) is 0 Å². The molecule has 1 fully saturated rings. The number of nitrogens with one attached hydrogen (secondary N) is 2. The number of carbonyl (C=O) groups is 1. The number of nitriles is 1. The number of hydrogen-bond acceptors (Lipinski definition) is 8. The first kappa shape index (κ1) is 45.9. The number of likely N-dealkylation sites (N-methyl/N-ethyl adjacent to an activating group) is 1. The Labute approximate surface area is 329 Å². The van der Waals surface area contributed by atoms with E-state index in [1.54, 1.807) is 18.8 Å². The smallest absolute Gasteiger partial charge is 0.337 e. The Morgan fingerprint density at radius 1 is 0.889 bits per heavy atom. The van der Waals surface area contributed by atoms with Crippen molar-refractivity contribution in [3.8, 4) is 6.07 Å². The van der Waals surface area contributed by atoms with E-state index in [0.717, 1.165) is 54.1 Å². The van der Waals surface area contributed by atoms with Gasteiger partial charge >= 0.3 is 5.97 Å². The number of nitrogen functional groups attached to an aromatic ring is 1. The molecule has 1 saturated carbocycles. The second kappa shape index (κ2) is 25.7. The summed E-state index contributed by atoms with van der Waals surface area (Å²) in [5.41, 5.74) is 17.4. The van der Waals surface area contributed by atoms with Crippen molar-refractivity contribution >= 4 is 17.3 Å². The molecule has 4 rings (SSSR count). The molecule has 1 aromatic carbocycles. The molecular weight excluding hydrogens is 669 g/mol. The van der Waals surface area contributed by atoms with E-state index < -0.39 is 0 Å². The van der Waals surface area contributed by atoms with Crippen LogP contribution in [0.25, 0.3) is 0 Å². The van der Waals surface area contributed by atoms with Crippen molar-refractivity contribution < 1.29 is 9.53 Å². The molecule has 0 radical (unpaired) electrons. The molecule has 0 heterocycles. The molecule has 8 nitrogen and oxygen atoms in total. The molecule has 3 aliphatic rings. The first-order valence-corrected chi connectivity index (χ1v) is 20.8. The summed E-state index contributed by atoms with van der Waals surface area (Å²) in [4.78, 5) is 14.7. The van der Waals surface area contributed by atoms with E-state index in [-0.39, 0.29) is 5.97 Å². The van der Waals surface area contributed by atoms with Crippen LogP contribution < -0.4 is 22.1 Å². The van der Waals surface area contributed by atoms with Gasteiger partial charge in [0.2, 0.25) is 0 Å². The average Bonchev–Trinajstić information content (AvgIpc) is 4.04. The lowest BCUT2D eigenvalue weighted by molar-refractivity contribution is -0.140. The number of hydrogen-bond donors (Lipinski definition) is 4. The summed E-state index contributed by atoms with van der Waals surface area (Å²) in [7, 11) is 3.61. The highest BCUT2D eigenvalue weighted by atomic mass is 16.5. The van der Waals surface area contributed by atoms with Crippen LogP contribution in [0.2, 0.25) is 0 Å². The van der Waals surface area contributed by atoms with Gasteiger partial charge in [0, 0.05) is 56.1 Å². The fraction of sp³-hybridized carbons (Fsp3) is 0.609. The maximum absolute atomic E-state index is 11.9. The first-order valence-electron chi connectivity index (χ1n) is 20.8. The highest BCUT2D eigenvalue weighted by Gasteiger charge is 2.45. The minimum absolute atomic E-state index is 0.219. The van der Waals surface area contributed by atoms with E-state index in [9.17, 15) is 4.79 Å². The van der Waals surface area contributed by atoms with Gasteiger partial charge in [-0.2, -0.15) is 5.26 Å². The van der Waals surface area contributed by atoms with Crippen molar-refractivity contribution in [3.05, 3.63) is 82.9 Å². The second-order valence-corrected chi connectivity index (χ2v) is 14.9. The van der Waals surface area contributed by atoms with Crippen LogP contribution in [-0.2, 0) is 9.53 Å². The predicted molar refractivity (Wildman–Crippen MR) is 227 cm³/mol. The Morgan fingerprint density at radius 2 is 1.52 bits per heavy atom. The fourth-order valence-electron chi connectivity index (χ4n) is 6.86. The van der Waals surface area contributed by atoms with Crippen LogP contribution in [0.15, 0.2) is 65.2 Å². The Morgan fingerprint density at radius 3 is 2.06 bits per heavy atom. The lowest BCUT2D eigenvalue weighted by Gasteiger charge is -2.35. The van der Waals surface area contributed by atoms with Crippen molar-refractivity contribution in [3.63, 3.8) is 0 Å². The zero-order valence-electron chi connectivity index (χ0n) is 34.9. The number of fused-ring (bicyclic) bond motifs is 1. The van der Waals surface area contributed by atoms with Gasteiger partial charge in [-0.25, -0.2) is 4.79 Å². The van der Waals surface area contributed by atoms with Crippen LogP contribution in [0.4, 0.5) is 11.4 Å². The minimum Gasteiger partial charge on any atom is -0.462 e. The Bertz CT molecular complexity index is 1450. The van der Waals surface area contributed by atoms with Gasteiger partial charge in [0.25, 0.3) is 0 Å². The number of ether oxygens (including phenoxy) is 1. The molecule has 1 aromatic rings. The van der Waals surface area contributed by atoms with Crippen LogP contribution >= 0.6 is 0 Å². The van der Waals surface area contributed by atoms with Gasteiger partial charge in [-0.15, -0.1) is 0 Å². The Kier molecular flexibility index (Phi) is 21.8. The molecular formula is C46H72N6O2. The summed E-state index contributed by atoms with van der Waals surface area (Å²) < 4.78 is 5.35. The quantitative estimate of drug-likeness (QED) is 0.0973. The van der Waals surface area contributed by atoms with Gasteiger partial charge in [-0.3, -0.25) is 0 Å². The summed E-state index contributed by atoms with van der Waals surface area (Å²) in [5, 5.41) is 14.4. The molecule has 298 valence electrons. The van der Waals surface area contributed by atoms with Crippen molar-refractivity contribution in [1.82, 2.24) is 10.2 Å². The van der Waals surface area contributed by atoms with E-state index in [0.29, 0.717) is 35.3 Å². The summed E-state index contributed by atoms with van der Waals surface area (Å²) in [6, 6.07) is 8.97. The van der Waals surface area contributed by atoms with E-state index in [1.807, 2.05) is 37.4 Å². The number of anilines is 2. The predicted octanol–water partition coefficient (Wildman–Crippen LogP) is 9.84. The molecule has 0 aromatic heterocycles. The van der Waals surface area contributed by atoms with Gasteiger partial charge in [-0.05, 0) is 85.9 Å².